The molecule has 0 saturated carbocycles. The van der Waals surface area contributed by atoms with Gasteiger partial charge in [-0.1, -0.05) is 166 Å². The lowest BCUT2D eigenvalue weighted by Gasteiger charge is -2.31. The molecule has 0 radical (unpaired) electrons. The normalized spacial score (nSPS) is 13.0. The van der Waals surface area contributed by atoms with Crippen LogP contribution in [0.4, 0.5) is 17.1 Å². The van der Waals surface area contributed by atoms with Crippen LogP contribution in [0.25, 0.3) is 54.9 Å². The number of nitrogens with zero attached hydrogens (tertiary/aromatic N) is 1. The summed E-state index contributed by atoms with van der Waals surface area (Å²) in [4.78, 5) is 2.51. The smallest absolute Gasteiger partial charge is 0.0543 e. The van der Waals surface area contributed by atoms with Crippen molar-refractivity contribution in [2.75, 3.05) is 4.90 Å². The third kappa shape index (κ3) is 4.47. The van der Waals surface area contributed by atoms with Crippen molar-refractivity contribution in [2.24, 2.45) is 0 Å². The summed E-state index contributed by atoms with van der Waals surface area (Å²) in [5, 5.41) is 4.98. The Kier molecular flexibility index (Phi) is 6.55. The molecule has 48 heavy (non-hydrogen) atoms. The molecule has 0 aromatic heterocycles. The van der Waals surface area contributed by atoms with Crippen molar-refractivity contribution < 1.29 is 0 Å². The van der Waals surface area contributed by atoms with Gasteiger partial charge >= 0.3 is 0 Å². The monoisotopic (exact) mass is 613 g/mol. The molecule has 8 aromatic carbocycles. The molecule has 0 spiro atoms. The number of fused-ring (bicyclic) bond motifs is 5. The Hall–Kier alpha value is -5.92. The molecule has 8 aromatic rings. The van der Waals surface area contributed by atoms with Crippen LogP contribution < -0.4 is 4.90 Å². The van der Waals surface area contributed by atoms with Gasteiger partial charge in [-0.15, -0.1) is 0 Å². The maximum atomic E-state index is 2.51. The van der Waals surface area contributed by atoms with Gasteiger partial charge in [0, 0.05) is 21.9 Å². The minimum absolute atomic E-state index is 0.0928. The fourth-order valence-electron chi connectivity index (χ4n) is 7.84. The predicted octanol–water partition coefficient (Wildman–Crippen LogP) is 13.1. The van der Waals surface area contributed by atoms with Gasteiger partial charge in [-0.3, -0.25) is 0 Å². The van der Waals surface area contributed by atoms with Gasteiger partial charge in [-0.05, 0) is 73.8 Å². The van der Waals surface area contributed by atoms with E-state index in [9.17, 15) is 0 Å². The van der Waals surface area contributed by atoms with Crippen LogP contribution >= 0.6 is 0 Å². The van der Waals surface area contributed by atoms with Gasteiger partial charge in [0.2, 0.25) is 0 Å². The summed E-state index contributed by atoms with van der Waals surface area (Å²) in [5.74, 6) is 0. The average molecular weight is 614 g/mol. The summed E-state index contributed by atoms with van der Waals surface area (Å²) in [5.41, 5.74) is 13.6. The molecule has 0 amide bonds. The standard InChI is InChI=1S/C47H35N/c1-47(2)41-20-9-7-19-40(41)46-42(47)21-12-24-45(46)48(44-23-11-16-34-14-5-6-17-38(34)44)43-22-10-8-18-39(43)35-28-25-33(26-29-35)37-30-27-32-13-3-4-15-36(32)31-37/h3-31H,1-2H3. The molecule has 0 aliphatic heterocycles. The third-order valence-corrected chi connectivity index (χ3v) is 10.3. The Labute approximate surface area is 282 Å². The van der Waals surface area contributed by atoms with Crippen molar-refractivity contribution in [3.63, 3.8) is 0 Å². The van der Waals surface area contributed by atoms with E-state index in [-0.39, 0.29) is 5.41 Å². The van der Waals surface area contributed by atoms with E-state index in [1.165, 1.54) is 77.4 Å². The fourth-order valence-corrected chi connectivity index (χ4v) is 7.84. The summed E-state index contributed by atoms with van der Waals surface area (Å²) in [7, 11) is 0. The van der Waals surface area contributed by atoms with Crippen molar-refractivity contribution >= 4 is 38.6 Å². The molecule has 9 rings (SSSR count). The van der Waals surface area contributed by atoms with Crippen LogP contribution in [0, 0.1) is 0 Å². The van der Waals surface area contributed by atoms with Gasteiger partial charge < -0.3 is 4.90 Å². The van der Waals surface area contributed by atoms with E-state index in [0.29, 0.717) is 0 Å². The zero-order chi connectivity index (χ0) is 32.2. The first-order valence-corrected chi connectivity index (χ1v) is 16.8. The number of anilines is 3. The van der Waals surface area contributed by atoms with Crippen molar-refractivity contribution in [1.29, 1.82) is 0 Å². The Bertz CT molecular complexity index is 2480. The molecule has 1 nitrogen and oxygen atoms in total. The lowest BCUT2D eigenvalue weighted by atomic mass is 9.82. The van der Waals surface area contributed by atoms with Crippen molar-refractivity contribution in [2.45, 2.75) is 19.3 Å². The predicted molar refractivity (Wildman–Crippen MR) is 205 cm³/mol. The van der Waals surface area contributed by atoms with Crippen LogP contribution in [0.5, 0.6) is 0 Å². The molecule has 1 aliphatic carbocycles. The van der Waals surface area contributed by atoms with E-state index in [4.69, 9.17) is 0 Å². The van der Waals surface area contributed by atoms with Gasteiger partial charge in [0.1, 0.15) is 0 Å². The summed E-state index contributed by atoms with van der Waals surface area (Å²) in [6.45, 7) is 4.71. The number of rotatable bonds is 5. The van der Waals surface area contributed by atoms with Gasteiger partial charge in [0.25, 0.3) is 0 Å². The first-order valence-electron chi connectivity index (χ1n) is 16.8. The molecule has 0 fully saturated rings. The maximum absolute atomic E-state index is 2.51. The molecular formula is C47H35N. The third-order valence-electron chi connectivity index (χ3n) is 10.3. The molecule has 0 unspecified atom stereocenters. The summed E-state index contributed by atoms with van der Waals surface area (Å²) in [6.07, 6.45) is 0. The highest BCUT2D eigenvalue weighted by Crippen LogP contribution is 2.55. The molecule has 0 bridgehead atoms. The zero-order valence-corrected chi connectivity index (χ0v) is 27.2. The quantitative estimate of drug-likeness (QED) is 0.187. The SMILES string of the molecule is CC1(C)c2ccccc2-c2c(N(c3ccccc3-c3ccc(-c4ccc5ccccc5c4)cc3)c3cccc4ccccc34)cccc21. The number of benzene rings is 8. The van der Waals surface area contributed by atoms with Crippen LogP contribution in [0.1, 0.15) is 25.0 Å². The first-order chi connectivity index (χ1) is 23.6. The first kappa shape index (κ1) is 28.3. The zero-order valence-electron chi connectivity index (χ0n) is 27.2. The molecule has 0 saturated heterocycles. The van der Waals surface area contributed by atoms with Gasteiger partial charge in [0.05, 0.1) is 17.1 Å². The highest BCUT2D eigenvalue weighted by atomic mass is 15.1. The fraction of sp³-hybridized carbons (Fsp3) is 0.0638. The molecule has 1 aliphatic rings. The van der Waals surface area contributed by atoms with Crippen LogP contribution in [-0.2, 0) is 5.41 Å². The van der Waals surface area contributed by atoms with Crippen molar-refractivity contribution in [3.8, 4) is 33.4 Å². The summed E-state index contributed by atoms with van der Waals surface area (Å²) >= 11 is 0. The Morgan fingerprint density at radius 3 is 1.79 bits per heavy atom. The van der Waals surface area contributed by atoms with Crippen molar-refractivity contribution in [1.82, 2.24) is 0 Å². The maximum Gasteiger partial charge on any atom is 0.0543 e. The minimum Gasteiger partial charge on any atom is -0.309 e. The lowest BCUT2D eigenvalue weighted by molar-refractivity contribution is 0.660. The molecule has 0 atom stereocenters. The molecular weight excluding hydrogens is 579 g/mol. The van der Waals surface area contributed by atoms with Crippen molar-refractivity contribution in [3.05, 3.63) is 187 Å². The number of hydrogen-bond donors (Lipinski definition) is 0. The number of para-hydroxylation sites is 1. The van der Waals surface area contributed by atoms with E-state index < -0.39 is 0 Å². The molecule has 0 heterocycles. The Morgan fingerprint density at radius 1 is 0.375 bits per heavy atom. The Balaban J connectivity index is 1.25. The second-order valence-corrected chi connectivity index (χ2v) is 13.4. The van der Waals surface area contributed by atoms with E-state index in [1.807, 2.05) is 0 Å². The van der Waals surface area contributed by atoms with Crippen LogP contribution in [-0.4, -0.2) is 0 Å². The molecule has 228 valence electrons. The van der Waals surface area contributed by atoms with Crippen LogP contribution in [0.15, 0.2) is 176 Å². The van der Waals surface area contributed by atoms with E-state index >= 15 is 0 Å². The highest BCUT2D eigenvalue weighted by Gasteiger charge is 2.38. The Morgan fingerprint density at radius 2 is 0.938 bits per heavy atom. The van der Waals surface area contributed by atoms with E-state index in [1.54, 1.807) is 0 Å². The van der Waals surface area contributed by atoms with E-state index in [2.05, 4.69) is 195 Å². The highest BCUT2D eigenvalue weighted by molar-refractivity contribution is 6.04. The second kappa shape index (κ2) is 11.1. The topological polar surface area (TPSA) is 3.24 Å². The second-order valence-electron chi connectivity index (χ2n) is 13.4. The summed E-state index contributed by atoms with van der Waals surface area (Å²) in [6, 6.07) is 64.4. The summed E-state index contributed by atoms with van der Waals surface area (Å²) < 4.78 is 0. The molecule has 1 heteroatoms. The largest absolute Gasteiger partial charge is 0.309 e. The van der Waals surface area contributed by atoms with Gasteiger partial charge in [0.15, 0.2) is 0 Å². The average Bonchev–Trinajstić information content (AvgIpc) is 3.38. The van der Waals surface area contributed by atoms with E-state index in [0.717, 1.165) is 5.69 Å². The van der Waals surface area contributed by atoms with Gasteiger partial charge in [-0.2, -0.15) is 0 Å². The van der Waals surface area contributed by atoms with Crippen LogP contribution in [0.3, 0.4) is 0 Å². The van der Waals surface area contributed by atoms with Gasteiger partial charge in [-0.25, -0.2) is 0 Å². The lowest BCUT2D eigenvalue weighted by Crippen LogP contribution is -2.16. The number of hydrogen-bond acceptors (Lipinski definition) is 1. The molecule has 0 N–H and O–H groups in total. The minimum atomic E-state index is -0.0928. The van der Waals surface area contributed by atoms with Crippen LogP contribution in [0.2, 0.25) is 0 Å².